The molecule has 2 N–H and O–H groups in total. The van der Waals surface area contributed by atoms with E-state index in [1.807, 2.05) is 62.3 Å². The molecule has 0 bridgehead atoms. The lowest BCUT2D eigenvalue weighted by atomic mass is 10.1. The molecule has 0 aliphatic heterocycles. The lowest BCUT2D eigenvalue weighted by Gasteiger charge is -2.14. The third kappa shape index (κ3) is 7.88. The number of nitrogens with one attached hydrogen (secondary N) is 2. The van der Waals surface area contributed by atoms with Gasteiger partial charge in [-0.15, -0.1) is 24.0 Å². The number of anilines is 1. The number of aromatic nitrogens is 1. The molecule has 0 radical (unpaired) electrons. The van der Waals surface area contributed by atoms with Crippen LogP contribution in [0.1, 0.15) is 28.4 Å². The lowest BCUT2D eigenvalue weighted by molar-refractivity contribution is 0.0827. The number of hydrogen-bond acceptors (Lipinski definition) is 4. The van der Waals surface area contributed by atoms with E-state index < -0.39 is 0 Å². The minimum Gasteiger partial charge on any atom is -0.363 e. The maximum atomic E-state index is 12.0. The molecule has 0 saturated carbocycles. The van der Waals surface area contributed by atoms with Crippen LogP contribution in [0, 0.1) is 0 Å². The Morgan fingerprint density at radius 1 is 1.03 bits per heavy atom. The predicted molar refractivity (Wildman–Crippen MR) is 130 cm³/mol. The quantitative estimate of drug-likeness (QED) is 0.341. The molecule has 0 unspecified atom stereocenters. The smallest absolute Gasteiger partial charge is 0.253 e. The van der Waals surface area contributed by atoms with Gasteiger partial charge in [0.2, 0.25) is 0 Å². The molecule has 8 heteroatoms. The number of rotatable bonds is 7. The van der Waals surface area contributed by atoms with Crippen molar-refractivity contribution in [3.8, 4) is 0 Å². The Morgan fingerprint density at radius 3 is 2.31 bits per heavy atom. The topological polar surface area (TPSA) is 72.9 Å². The van der Waals surface area contributed by atoms with Crippen LogP contribution in [-0.4, -0.2) is 56.5 Å². The fourth-order valence-electron chi connectivity index (χ4n) is 2.52. The maximum Gasteiger partial charge on any atom is 0.253 e. The number of hydrogen-bond donors (Lipinski definition) is 2. The predicted octanol–water partition coefficient (Wildman–Crippen LogP) is 2.72. The molecule has 2 rings (SSSR count). The van der Waals surface area contributed by atoms with Crippen LogP contribution < -0.4 is 15.5 Å². The summed E-state index contributed by atoms with van der Waals surface area (Å²) in [5.41, 5.74) is 2.87. The summed E-state index contributed by atoms with van der Waals surface area (Å²) in [6, 6.07) is 11.6. The monoisotopic (exact) mass is 510 g/mol. The zero-order valence-electron chi connectivity index (χ0n) is 17.8. The molecule has 1 aromatic carbocycles. The highest BCUT2D eigenvalue weighted by molar-refractivity contribution is 14.0. The first-order chi connectivity index (χ1) is 13.4. The van der Waals surface area contributed by atoms with Crippen molar-refractivity contribution in [1.29, 1.82) is 0 Å². The fourth-order valence-corrected chi connectivity index (χ4v) is 2.52. The molecule has 0 saturated heterocycles. The summed E-state index contributed by atoms with van der Waals surface area (Å²) in [6.45, 7) is 4.01. The summed E-state index contributed by atoms with van der Waals surface area (Å²) in [6.07, 6.45) is 1.80. The zero-order valence-corrected chi connectivity index (χ0v) is 20.1. The first kappa shape index (κ1) is 24.7. The second-order valence-electron chi connectivity index (χ2n) is 6.86. The number of carbonyl (C=O) groups is 1. The van der Waals surface area contributed by atoms with Crippen molar-refractivity contribution in [3.05, 3.63) is 59.3 Å². The van der Waals surface area contributed by atoms with Crippen LogP contribution >= 0.6 is 24.0 Å². The molecule has 1 amide bonds. The number of halogens is 1. The van der Waals surface area contributed by atoms with E-state index in [4.69, 9.17) is 0 Å². The van der Waals surface area contributed by atoms with Crippen molar-refractivity contribution < 1.29 is 4.79 Å². The van der Waals surface area contributed by atoms with Crippen molar-refractivity contribution in [2.75, 3.05) is 39.6 Å². The van der Waals surface area contributed by atoms with Gasteiger partial charge >= 0.3 is 0 Å². The van der Waals surface area contributed by atoms with Gasteiger partial charge in [-0.25, -0.2) is 9.98 Å². The van der Waals surface area contributed by atoms with Crippen molar-refractivity contribution in [2.45, 2.75) is 20.0 Å². The van der Waals surface area contributed by atoms with Crippen LogP contribution in [0.5, 0.6) is 0 Å². The molecule has 0 aliphatic rings. The molecule has 29 heavy (non-hydrogen) atoms. The van der Waals surface area contributed by atoms with Gasteiger partial charge in [-0.3, -0.25) is 4.79 Å². The highest BCUT2D eigenvalue weighted by atomic mass is 127. The van der Waals surface area contributed by atoms with Crippen LogP contribution in [0.2, 0.25) is 0 Å². The van der Waals surface area contributed by atoms with E-state index in [1.165, 1.54) is 0 Å². The van der Waals surface area contributed by atoms with E-state index in [1.54, 1.807) is 25.2 Å². The summed E-state index contributed by atoms with van der Waals surface area (Å²) >= 11 is 0. The minimum absolute atomic E-state index is 0. The number of guanidine groups is 1. The van der Waals surface area contributed by atoms with E-state index in [2.05, 4.69) is 20.6 Å². The van der Waals surface area contributed by atoms with Gasteiger partial charge in [-0.05, 0) is 42.3 Å². The van der Waals surface area contributed by atoms with Crippen LogP contribution in [-0.2, 0) is 13.1 Å². The maximum absolute atomic E-state index is 12.0. The van der Waals surface area contributed by atoms with Gasteiger partial charge in [0.1, 0.15) is 5.82 Å². The Balaban J connectivity index is 0.00000420. The SMILES string of the molecule is CCNC(=NCc1ccnc(N(C)C)c1)NCc1ccc(C(=O)N(C)C)cc1.I. The largest absolute Gasteiger partial charge is 0.363 e. The summed E-state index contributed by atoms with van der Waals surface area (Å²) in [5, 5.41) is 6.59. The van der Waals surface area contributed by atoms with Crippen LogP contribution in [0.3, 0.4) is 0 Å². The third-order valence-electron chi connectivity index (χ3n) is 4.10. The summed E-state index contributed by atoms with van der Waals surface area (Å²) < 4.78 is 0. The summed E-state index contributed by atoms with van der Waals surface area (Å²) in [5.74, 6) is 1.67. The third-order valence-corrected chi connectivity index (χ3v) is 4.10. The molecular formula is C21H31IN6O. The van der Waals surface area contributed by atoms with Gasteiger partial charge in [-0.2, -0.15) is 0 Å². The normalized spacial score (nSPS) is 10.7. The van der Waals surface area contributed by atoms with Gasteiger partial charge in [0.15, 0.2) is 5.96 Å². The molecule has 0 aliphatic carbocycles. The van der Waals surface area contributed by atoms with Gasteiger partial charge in [0.05, 0.1) is 6.54 Å². The molecule has 0 fully saturated rings. The highest BCUT2D eigenvalue weighted by Gasteiger charge is 2.07. The Labute approximate surface area is 190 Å². The van der Waals surface area contributed by atoms with Gasteiger partial charge in [0, 0.05) is 53.0 Å². The number of nitrogens with zero attached hydrogens (tertiary/aromatic N) is 4. The summed E-state index contributed by atoms with van der Waals surface area (Å²) in [4.78, 5) is 24.5. The second kappa shape index (κ2) is 12.3. The minimum atomic E-state index is 0. The Hall–Kier alpha value is -2.36. The van der Waals surface area contributed by atoms with Gasteiger partial charge < -0.3 is 20.4 Å². The fraction of sp³-hybridized carbons (Fsp3) is 0.381. The van der Waals surface area contributed by atoms with Crippen molar-refractivity contribution in [2.24, 2.45) is 4.99 Å². The lowest BCUT2D eigenvalue weighted by Crippen LogP contribution is -2.36. The van der Waals surface area contributed by atoms with Crippen LogP contribution in [0.4, 0.5) is 5.82 Å². The molecule has 0 atom stereocenters. The van der Waals surface area contributed by atoms with E-state index in [0.29, 0.717) is 18.7 Å². The molecule has 158 valence electrons. The Morgan fingerprint density at radius 2 is 1.72 bits per heavy atom. The first-order valence-electron chi connectivity index (χ1n) is 9.35. The Kier molecular flexibility index (Phi) is 10.4. The first-order valence-corrected chi connectivity index (χ1v) is 9.35. The number of aliphatic imine (C=N–C) groups is 1. The molecule has 7 nitrogen and oxygen atoms in total. The summed E-state index contributed by atoms with van der Waals surface area (Å²) in [7, 11) is 7.44. The number of benzene rings is 1. The van der Waals surface area contributed by atoms with E-state index in [9.17, 15) is 4.79 Å². The number of carbonyl (C=O) groups excluding carboxylic acids is 1. The van der Waals surface area contributed by atoms with Crippen LogP contribution in [0.25, 0.3) is 0 Å². The molecule has 2 aromatic rings. The van der Waals surface area contributed by atoms with E-state index in [0.717, 1.165) is 29.4 Å². The average molecular weight is 510 g/mol. The van der Waals surface area contributed by atoms with Crippen molar-refractivity contribution in [1.82, 2.24) is 20.5 Å². The zero-order chi connectivity index (χ0) is 20.5. The van der Waals surface area contributed by atoms with Gasteiger partial charge in [0.25, 0.3) is 5.91 Å². The molecule has 1 aromatic heterocycles. The molecule has 1 heterocycles. The van der Waals surface area contributed by atoms with Crippen LogP contribution in [0.15, 0.2) is 47.6 Å². The van der Waals surface area contributed by atoms with Crippen molar-refractivity contribution in [3.63, 3.8) is 0 Å². The van der Waals surface area contributed by atoms with Gasteiger partial charge in [-0.1, -0.05) is 12.1 Å². The highest BCUT2D eigenvalue weighted by Crippen LogP contribution is 2.10. The second-order valence-corrected chi connectivity index (χ2v) is 6.86. The average Bonchev–Trinajstić information content (AvgIpc) is 2.70. The molecular weight excluding hydrogens is 479 g/mol. The van der Waals surface area contributed by atoms with E-state index >= 15 is 0 Å². The van der Waals surface area contributed by atoms with Crippen molar-refractivity contribution >= 4 is 41.7 Å². The number of amides is 1. The Bertz CT molecular complexity index is 805. The van der Waals surface area contributed by atoms with E-state index in [-0.39, 0.29) is 29.9 Å². The number of pyridine rings is 1. The molecule has 0 spiro atoms. The standard InChI is InChI=1S/C21H30N6O.HI/c1-6-22-21(25-15-17-11-12-23-19(13-17)26(2)3)24-14-16-7-9-18(10-8-16)20(28)27(4)5;/h7-13H,6,14-15H2,1-5H3,(H2,22,24,25);1H.